The van der Waals surface area contributed by atoms with Gasteiger partial charge in [0, 0.05) is 6.61 Å². The Bertz CT molecular complexity index is 376. The molecule has 0 aliphatic heterocycles. The van der Waals surface area contributed by atoms with E-state index in [2.05, 4.69) is 29.6 Å². The van der Waals surface area contributed by atoms with Crippen LogP contribution in [-0.2, 0) is 11.2 Å². The molecule has 0 bridgehead atoms. The molecule has 4 heteroatoms. The summed E-state index contributed by atoms with van der Waals surface area (Å²) in [6, 6.07) is 8.21. The monoisotopic (exact) mass is 278 g/mol. The molecule has 0 spiro atoms. The van der Waals surface area contributed by atoms with Crippen molar-refractivity contribution in [1.29, 1.82) is 0 Å². The highest BCUT2D eigenvalue weighted by molar-refractivity contribution is 5.28. The van der Waals surface area contributed by atoms with Crippen LogP contribution in [0.3, 0.4) is 0 Å². The molecule has 0 amide bonds. The second kappa shape index (κ2) is 10.4. The van der Waals surface area contributed by atoms with Crippen LogP contribution >= 0.6 is 0 Å². The van der Waals surface area contributed by atoms with Crippen LogP contribution in [0.15, 0.2) is 36.9 Å². The van der Waals surface area contributed by atoms with Gasteiger partial charge in [0.25, 0.3) is 0 Å². The lowest BCUT2D eigenvalue weighted by Gasteiger charge is -2.17. The maximum Gasteiger partial charge on any atom is 0.120 e. The highest BCUT2D eigenvalue weighted by Crippen LogP contribution is 2.15. The summed E-state index contributed by atoms with van der Waals surface area (Å²) < 4.78 is 11.1. The van der Waals surface area contributed by atoms with Crippen molar-refractivity contribution in [1.82, 2.24) is 10.9 Å². The quantitative estimate of drug-likeness (QED) is 0.371. The van der Waals surface area contributed by atoms with Crippen LogP contribution in [0, 0.1) is 0 Å². The first-order valence-corrected chi connectivity index (χ1v) is 7.16. The van der Waals surface area contributed by atoms with E-state index in [4.69, 9.17) is 9.47 Å². The SMILES string of the molecule is C=CCOc1cccc(CCCC(NNC)OCC)c1. The van der Waals surface area contributed by atoms with Crippen molar-refractivity contribution in [2.75, 3.05) is 20.3 Å². The first-order chi connectivity index (χ1) is 9.80. The summed E-state index contributed by atoms with van der Waals surface area (Å²) in [5.74, 6) is 0.900. The van der Waals surface area contributed by atoms with Gasteiger partial charge in [0.15, 0.2) is 0 Å². The Kier molecular flexibility index (Phi) is 8.71. The van der Waals surface area contributed by atoms with E-state index in [9.17, 15) is 0 Å². The zero-order valence-electron chi connectivity index (χ0n) is 12.5. The Labute approximate surface area is 122 Å². The number of hydrogen-bond acceptors (Lipinski definition) is 4. The molecule has 0 aliphatic rings. The third-order valence-corrected chi connectivity index (χ3v) is 2.87. The maximum absolute atomic E-state index is 5.59. The molecule has 1 unspecified atom stereocenters. The molecule has 0 saturated carbocycles. The van der Waals surface area contributed by atoms with Crippen molar-refractivity contribution in [3.8, 4) is 5.75 Å². The van der Waals surface area contributed by atoms with Crippen molar-refractivity contribution < 1.29 is 9.47 Å². The van der Waals surface area contributed by atoms with Crippen molar-refractivity contribution in [3.63, 3.8) is 0 Å². The zero-order chi connectivity index (χ0) is 14.6. The molecule has 1 aromatic rings. The Morgan fingerprint density at radius 2 is 2.25 bits per heavy atom. The van der Waals surface area contributed by atoms with Crippen LogP contribution in [0.1, 0.15) is 25.3 Å². The summed E-state index contributed by atoms with van der Waals surface area (Å²) in [6.45, 7) is 6.91. The van der Waals surface area contributed by atoms with E-state index in [1.165, 1.54) is 5.56 Å². The van der Waals surface area contributed by atoms with Gasteiger partial charge in [0.2, 0.25) is 0 Å². The Balaban J connectivity index is 2.38. The highest BCUT2D eigenvalue weighted by Gasteiger charge is 2.06. The largest absolute Gasteiger partial charge is 0.490 e. The van der Waals surface area contributed by atoms with Gasteiger partial charge in [-0.1, -0.05) is 24.8 Å². The van der Waals surface area contributed by atoms with E-state index >= 15 is 0 Å². The third-order valence-electron chi connectivity index (χ3n) is 2.87. The number of hydrazine groups is 1. The lowest BCUT2D eigenvalue weighted by molar-refractivity contribution is 0.0225. The minimum absolute atomic E-state index is 0.0604. The average molecular weight is 278 g/mol. The van der Waals surface area contributed by atoms with Crippen LogP contribution in [-0.4, -0.2) is 26.5 Å². The van der Waals surface area contributed by atoms with E-state index in [1.807, 2.05) is 26.1 Å². The summed E-state index contributed by atoms with van der Waals surface area (Å²) >= 11 is 0. The van der Waals surface area contributed by atoms with Crippen LogP contribution in [0.4, 0.5) is 0 Å². The Morgan fingerprint density at radius 1 is 1.40 bits per heavy atom. The summed E-state index contributed by atoms with van der Waals surface area (Å²) in [5.41, 5.74) is 7.31. The second-order valence-electron chi connectivity index (χ2n) is 4.48. The average Bonchev–Trinajstić information content (AvgIpc) is 2.46. The van der Waals surface area contributed by atoms with Gasteiger partial charge >= 0.3 is 0 Å². The zero-order valence-corrected chi connectivity index (χ0v) is 12.5. The van der Waals surface area contributed by atoms with Gasteiger partial charge in [-0.3, -0.25) is 5.43 Å². The molecule has 0 aliphatic carbocycles. The van der Waals surface area contributed by atoms with Crippen LogP contribution in [0.25, 0.3) is 0 Å². The molecule has 1 atom stereocenters. The van der Waals surface area contributed by atoms with Crippen molar-refractivity contribution in [2.45, 2.75) is 32.4 Å². The molecule has 1 rings (SSSR count). The van der Waals surface area contributed by atoms with Crippen LogP contribution in [0.2, 0.25) is 0 Å². The van der Waals surface area contributed by atoms with Crippen molar-refractivity contribution in [2.24, 2.45) is 0 Å². The predicted octanol–water partition coefficient (Wildman–Crippen LogP) is 2.66. The normalized spacial score (nSPS) is 12.1. The minimum atomic E-state index is 0.0604. The minimum Gasteiger partial charge on any atom is -0.490 e. The van der Waals surface area contributed by atoms with Gasteiger partial charge in [-0.15, -0.1) is 0 Å². The molecule has 0 radical (unpaired) electrons. The Hall–Kier alpha value is -1.36. The summed E-state index contributed by atoms with van der Waals surface area (Å²) in [6.07, 6.45) is 4.85. The maximum atomic E-state index is 5.59. The molecule has 0 aromatic heterocycles. The molecule has 112 valence electrons. The van der Waals surface area contributed by atoms with E-state index in [1.54, 1.807) is 6.08 Å². The van der Waals surface area contributed by atoms with Gasteiger partial charge < -0.3 is 9.47 Å². The molecule has 4 nitrogen and oxygen atoms in total. The molecule has 20 heavy (non-hydrogen) atoms. The summed E-state index contributed by atoms with van der Waals surface area (Å²) in [7, 11) is 1.85. The first kappa shape index (κ1) is 16.7. The van der Waals surface area contributed by atoms with Gasteiger partial charge in [0.05, 0.1) is 0 Å². The number of ether oxygens (including phenoxy) is 2. The summed E-state index contributed by atoms with van der Waals surface area (Å²) in [4.78, 5) is 0. The first-order valence-electron chi connectivity index (χ1n) is 7.16. The topological polar surface area (TPSA) is 42.5 Å². The molecule has 0 fully saturated rings. The van der Waals surface area contributed by atoms with Crippen LogP contribution in [0.5, 0.6) is 5.75 Å². The lowest BCUT2D eigenvalue weighted by Crippen LogP contribution is -2.40. The third kappa shape index (κ3) is 6.70. The fraction of sp³-hybridized carbons (Fsp3) is 0.500. The van der Waals surface area contributed by atoms with Crippen LogP contribution < -0.4 is 15.6 Å². The van der Waals surface area contributed by atoms with E-state index in [-0.39, 0.29) is 6.23 Å². The van der Waals surface area contributed by atoms with Gasteiger partial charge in [-0.2, -0.15) is 0 Å². The second-order valence-corrected chi connectivity index (χ2v) is 4.48. The highest BCUT2D eigenvalue weighted by atomic mass is 16.5. The van der Waals surface area contributed by atoms with E-state index in [0.29, 0.717) is 13.2 Å². The van der Waals surface area contributed by atoms with E-state index < -0.39 is 0 Å². The number of nitrogens with one attached hydrogen (secondary N) is 2. The van der Waals surface area contributed by atoms with Crippen molar-refractivity contribution in [3.05, 3.63) is 42.5 Å². The molecule has 1 aromatic carbocycles. The lowest BCUT2D eigenvalue weighted by atomic mass is 10.1. The predicted molar refractivity (Wildman–Crippen MR) is 82.7 cm³/mol. The Morgan fingerprint density at radius 3 is 2.95 bits per heavy atom. The number of aryl methyl sites for hydroxylation is 1. The summed E-state index contributed by atoms with van der Waals surface area (Å²) in [5, 5.41) is 0. The van der Waals surface area contributed by atoms with Gasteiger partial charge in [0.1, 0.15) is 18.6 Å². The molecule has 0 saturated heterocycles. The van der Waals surface area contributed by atoms with Gasteiger partial charge in [-0.25, -0.2) is 5.43 Å². The fourth-order valence-corrected chi connectivity index (χ4v) is 2.00. The number of rotatable bonds is 11. The molecular weight excluding hydrogens is 252 g/mol. The number of benzene rings is 1. The smallest absolute Gasteiger partial charge is 0.120 e. The van der Waals surface area contributed by atoms with E-state index in [0.717, 1.165) is 25.0 Å². The van der Waals surface area contributed by atoms with Crippen molar-refractivity contribution >= 4 is 0 Å². The number of hydrogen-bond donors (Lipinski definition) is 2. The standard InChI is InChI=1S/C16H26N2O2/c1-4-12-20-15-10-6-8-14(13-15)9-7-11-16(18-17-3)19-5-2/h4,6,8,10,13,16-18H,1,5,7,9,11-12H2,2-3H3. The fourth-order valence-electron chi connectivity index (χ4n) is 2.00. The van der Waals surface area contributed by atoms with Gasteiger partial charge in [-0.05, 0) is 50.9 Å². The molecule has 0 heterocycles. The molecule has 2 N–H and O–H groups in total. The molecular formula is C16H26N2O2.